The molecule has 3 aliphatic heterocycles. The SMILES string of the molecule is CC(C)CCN1CC2(CCN(C(=O)C[C@@H]3C=CS(=O)(=O)C3)CC2)OC1=O. The van der Waals surface area contributed by atoms with E-state index in [1.807, 2.05) is 0 Å². The monoisotopic (exact) mass is 384 g/mol. The summed E-state index contributed by atoms with van der Waals surface area (Å²) < 4.78 is 28.6. The van der Waals surface area contributed by atoms with E-state index in [2.05, 4.69) is 13.8 Å². The van der Waals surface area contributed by atoms with Gasteiger partial charge in [-0.3, -0.25) is 4.79 Å². The lowest BCUT2D eigenvalue weighted by molar-refractivity contribution is -0.135. The number of rotatable bonds is 5. The Kier molecular flexibility index (Phi) is 5.33. The zero-order chi connectivity index (χ0) is 18.9. The van der Waals surface area contributed by atoms with Crippen molar-refractivity contribution in [1.82, 2.24) is 9.80 Å². The Morgan fingerprint density at radius 1 is 1.35 bits per heavy atom. The summed E-state index contributed by atoms with van der Waals surface area (Å²) in [6.45, 7) is 6.67. The third-order valence-electron chi connectivity index (χ3n) is 5.49. The van der Waals surface area contributed by atoms with E-state index in [9.17, 15) is 18.0 Å². The summed E-state index contributed by atoms with van der Waals surface area (Å²) in [6, 6.07) is 0. The fourth-order valence-electron chi connectivity index (χ4n) is 3.82. The second kappa shape index (κ2) is 7.21. The van der Waals surface area contributed by atoms with Gasteiger partial charge in [-0.2, -0.15) is 0 Å². The van der Waals surface area contributed by atoms with Crippen molar-refractivity contribution in [3.05, 3.63) is 11.5 Å². The lowest BCUT2D eigenvalue weighted by Crippen LogP contribution is -2.49. The molecule has 26 heavy (non-hydrogen) atoms. The van der Waals surface area contributed by atoms with Crippen LogP contribution in [0.3, 0.4) is 0 Å². The van der Waals surface area contributed by atoms with Gasteiger partial charge in [-0.15, -0.1) is 0 Å². The van der Waals surface area contributed by atoms with Gasteiger partial charge in [0, 0.05) is 50.2 Å². The predicted octanol–water partition coefficient (Wildman–Crippen LogP) is 1.79. The molecular weight excluding hydrogens is 356 g/mol. The van der Waals surface area contributed by atoms with Gasteiger partial charge in [-0.1, -0.05) is 19.9 Å². The molecule has 146 valence electrons. The average molecular weight is 384 g/mol. The van der Waals surface area contributed by atoms with Crippen LogP contribution < -0.4 is 0 Å². The molecular formula is C18H28N2O5S. The van der Waals surface area contributed by atoms with Gasteiger partial charge in [0.2, 0.25) is 5.91 Å². The molecule has 2 saturated heterocycles. The zero-order valence-corrected chi connectivity index (χ0v) is 16.3. The molecule has 0 radical (unpaired) electrons. The standard InChI is InChI=1S/C18H28N2O5S/c1-14(2)3-7-20-13-18(25-17(20)22)5-8-19(9-6-18)16(21)11-15-4-10-26(23,24)12-15/h4,10,14-15H,3,5-9,11-13H2,1-2H3/t15-/m0/s1. The third kappa shape index (κ3) is 4.39. The van der Waals surface area contributed by atoms with Crippen molar-refractivity contribution in [3.8, 4) is 0 Å². The van der Waals surface area contributed by atoms with Crippen molar-refractivity contribution in [2.45, 2.75) is 45.1 Å². The van der Waals surface area contributed by atoms with Crippen LogP contribution in [-0.2, 0) is 19.4 Å². The van der Waals surface area contributed by atoms with E-state index < -0.39 is 15.4 Å². The van der Waals surface area contributed by atoms with Crippen molar-refractivity contribution < 1.29 is 22.7 Å². The molecule has 1 atom stereocenters. The lowest BCUT2D eigenvalue weighted by atomic mass is 9.90. The Hall–Kier alpha value is -1.57. The van der Waals surface area contributed by atoms with Gasteiger partial charge >= 0.3 is 6.09 Å². The molecule has 2 fully saturated rings. The number of ether oxygens (including phenoxy) is 1. The minimum Gasteiger partial charge on any atom is -0.441 e. The Morgan fingerprint density at radius 2 is 2.04 bits per heavy atom. The van der Waals surface area contributed by atoms with Crippen molar-refractivity contribution in [2.24, 2.45) is 11.8 Å². The fourth-order valence-corrected chi connectivity index (χ4v) is 5.22. The first kappa shape index (κ1) is 19.2. The summed E-state index contributed by atoms with van der Waals surface area (Å²) in [4.78, 5) is 28.1. The minimum absolute atomic E-state index is 0.0208. The maximum Gasteiger partial charge on any atom is 0.410 e. The first-order valence-electron chi connectivity index (χ1n) is 9.35. The van der Waals surface area contributed by atoms with Crippen LogP contribution in [0.2, 0.25) is 0 Å². The highest BCUT2D eigenvalue weighted by atomic mass is 32.2. The smallest absolute Gasteiger partial charge is 0.410 e. The highest BCUT2D eigenvalue weighted by Gasteiger charge is 2.47. The molecule has 0 aliphatic carbocycles. The predicted molar refractivity (Wildman–Crippen MR) is 97.1 cm³/mol. The van der Waals surface area contributed by atoms with Crippen molar-refractivity contribution >= 4 is 21.8 Å². The van der Waals surface area contributed by atoms with Gasteiger partial charge in [0.15, 0.2) is 9.84 Å². The number of likely N-dealkylation sites (tertiary alicyclic amines) is 1. The fraction of sp³-hybridized carbons (Fsp3) is 0.778. The maximum absolute atomic E-state index is 12.5. The molecule has 8 heteroatoms. The summed E-state index contributed by atoms with van der Waals surface area (Å²) in [6.07, 6.45) is 3.83. The van der Waals surface area contributed by atoms with Crippen LogP contribution in [-0.4, -0.2) is 67.8 Å². The Labute approximate surface area is 155 Å². The topological polar surface area (TPSA) is 84.0 Å². The molecule has 0 aromatic heterocycles. The third-order valence-corrected chi connectivity index (χ3v) is 6.95. The Bertz CT molecular complexity index is 692. The first-order valence-corrected chi connectivity index (χ1v) is 11.1. The minimum atomic E-state index is -3.13. The Morgan fingerprint density at radius 3 is 2.62 bits per heavy atom. The van der Waals surface area contributed by atoms with Gasteiger partial charge in [0.1, 0.15) is 5.60 Å². The number of hydrogen-bond donors (Lipinski definition) is 0. The van der Waals surface area contributed by atoms with E-state index in [4.69, 9.17) is 4.74 Å². The normalized spacial score (nSPS) is 26.7. The van der Waals surface area contributed by atoms with Crippen LogP contribution >= 0.6 is 0 Å². The summed E-state index contributed by atoms with van der Waals surface area (Å²) in [7, 11) is -3.13. The van der Waals surface area contributed by atoms with E-state index in [-0.39, 0.29) is 30.1 Å². The molecule has 7 nitrogen and oxygen atoms in total. The van der Waals surface area contributed by atoms with Gasteiger partial charge in [-0.25, -0.2) is 13.2 Å². The number of nitrogens with zero attached hydrogens (tertiary/aromatic N) is 2. The summed E-state index contributed by atoms with van der Waals surface area (Å²) in [5.74, 6) is 0.318. The van der Waals surface area contributed by atoms with Crippen LogP contribution in [0, 0.1) is 11.8 Å². The molecule has 0 unspecified atom stereocenters. The van der Waals surface area contributed by atoms with Crippen molar-refractivity contribution in [1.29, 1.82) is 0 Å². The van der Waals surface area contributed by atoms with Crippen LogP contribution in [0.25, 0.3) is 0 Å². The van der Waals surface area contributed by atoms with Crippen LogP contribution in [0.5, 0.6) is 0 Å². The maximum atomic E-state index is 12.5. The van der Waals surface area contributed by atoms with E-state index in [1.54, 1.807) is 15.9 Å². The van der Waals surface area contributed by atoms with Gasteiger partial charge in [0.25, 0.3) is 0 Å². The average Bonchev–Trinajstić information content (AvgIpc) is 3.05. The molecule has 1 spiro atoms. The lowest BCUT2D eigenvalue weighted by Gasteiger charge is -2.37. The number of hydrogen-bond acceptors (Lipinski definition) is 5. The van der Waals surface area contributed by atoms with Crippen LogP contribution in [0.1, 0.15) is 39.5 Å². The summed E-state index contributed by atoms with van der Waals surface area (Å²) in [5, 5.41) is 1.21. The van der Waals surface area contributed by atoms with Gasteiger partial charge < -0.3 is 14.5 Å². The zero-order valence-electron chi connectivity index (χ0n) is 15.5. The number of sulfone groups is 1. The van der Waals surface area contributed by atoms with Crippen LogP contribution in [0.4, 0.5) is 4.79 Å². The number of amides is 2. The van der Waals surface area contributed by atoms with Gasteiger partial charge in [0.05, 0.1) is 12.3 Å². The van der Waals surface area contributed by atoms with Crippen molar-refractivity contribution in [3.63, 3.8) is 0 Å². The number of piperidine rings is 1. The second-order valence-electron chi connectivity index (χ2n) is 8.16. The van der Waals surface area contributed by atoms with E-state index in [0.29, 0.717) is 44.9 Å². The summed E-state index contributed by atoms with van der Waals surface area (Å²) in [5.41, 5.74) is -0.471. The highest BCUT2D eigenvalue weighted by molar-refractivity contribution is 7.94. The largest absolute Gasteiger partial charge is 0.441 e. The van der Waals surface area contributed by atoms with Crippen molar-refractivity contribution in [2.75, 3.05) is 31.9 Å². The van der Waals surface area contributed by atoms with E-state index in [0.717, 1.165) is 6.42 Å². The molecule has 0 saturated carbocycles. The molecule has 0 aromatic rings. The molecule has 2 amide bonds. The van der Waals surface area contributed by atoms with Gasteiger partial charge in [-0.05, 0) is 12.3 Å². The van der Waals surface area contributed by atoms with E-state index >= 15 is 0 Å². The molecule has 3 rings (SSSR count). The number of carbonyl (C=O) groups is 2. The molecule has 0 bridgehead atoms. The molecule has 0 aromatic carbocycles. The second-order valence-corrected chi connectivity index (χ2v) is 10.1. The first-order chi connectivity index (χ1) is 12.2. The molecule has 0 N–H and O–H groups in total. The molecule has 3 aliphatic rings. The quantitative estimate of drug-likeness (QED) is 0.722. The molecule has 3 heterocycles. The highest BCUT2D eigenvalue weighted by Crippen LogP contribution is 2.34. The number of allylic oxidation sites excluding steroid dienone is 1. The number of carbonyl (C=O) groups excluding carboxylic acids is 2. The van der Waals surface area contributed by atoms with Crippen LogP contribution in [0.15, 0.2) is 11.5 Å². The Balaban J connectivity index is 1.49. The van der Waals surface area contributed by atoms with E-state index in [1.165, 1.54) is 5.41 Å². The summed E-state index contributed by atoms with van der Waals surface area (Å²) >= 11 is 0.